The van der Waals surface area contributed by atoms with Crippen LogP contribution in [0.3, 0.4) is 0 Å². The van der Waals surface area contributed by atoms with E-state index in [2.05, 4.69) is 0 Å². The van der Waals surface area contributed by atoms with Gasteiger partial charge in [0.15, 0.2) is 9.84 Å². The van der Waals surface area contributed by atoms with Crippen LogP contribution in [0, 0.1) is 23.2 Å². The topological polar surface area (TPSA) is 101 Å². The zero-order valence-electron chi connectivity index (χ0n) is 6.93. The number of nitriles is 1. The summed E-state index contributed by atoms with van der Waals surface area (Å²) in [5.41, 5.74) is 4.96. The van der Waals surface area contributed by atoms with Crippen molar-refractivity contribution in [2.75, 3.05) is 11.5 Å². The Morgan fingerprint density at radius 1 is 1.62 bits per heavy atom. The first-order valence-corrected chi connectivity index (χ1v) is 5.68. The Bertz CT molecular complexity index is 354. The molecule has 1 saturated heterocycles. The molecule has 0 radical (unpaired) electrons. The Morgan fingerprint density at radius 2 is 2.23 bits per heavy atom. The van der Waals surface area contributed by atoms with Gasteiger partial charge in [0.05, 0.1) is 17.6 Å². The highest BCUT2D eigenvalue weighted by molar-refractivity contribution is 7.91. The minimum absolute atomic E-state index is 0.0587. The number of carbonyl (C=O) groups excluding carboxylic acids is 1. The molecule has 0 spiro atoms. The largest absolute Gasteiger partial charge is 0.369 e. The van der Waals surface area contributed by atoms with Gasteiger partial charge in [-0.15, -0.1) is 0 Å². The number of hydrogen-bond acceptors (Lipinski definition) is 4. The number of nitrogens with zero attached hydrogens (tertiary/aromatic N) is 1. The minimum Gasteiger partial charge on any atom is -0.369 e. The molecule has 1 amide bonds. The van der Waals surface area contributed by atoms with E-state index in [4.69, 9.17) is 11.0 Å². The summed E-state index contributed by atoms with van der Waals surface area (Å²) in [6, 6.07) is 1.74. The van der Waals surface area contributed by atoms with Crippen LogP contribution in [-0.2, 0) is 14.6 Å². The second kappa shape index (κ2) is 3.34. The lowest BCUT2D eigenvalue weighted by Gasteiger charge is -2.09. The van der Waals surface area contributed by atoms with Crippen LogP contribution >= 0.6 is 0 Å². The van der Waals surface area contributed by atoms with Gasteiger partial charge in [-0.05, 0) is 12.3 Å². The summed E-state index contributed by atoms with van der Waals surface area (Å²) >= 11 is 0. The van der Waals surface area contributed by atoms with Gasteiger partial charge in [0, 0.05) is 0 Å². The minimum atomic E-state index is -3.04. The van der Waals surface area contributed by atoms with Crippen molar-refractivity contribution in [3.05, 3.63) is 0 Å². The average molecular weight is 202 g/mol. The molecule has 13 heavy (non-hydrogen) atoms. The number of rotatable bonds is 2. The number of sulfone groups is 1. The molecule has 1 heterocycles. The van der Waals surface area contributed by atoms with Crippen LogP contribution in [0.25, 0.3) is 0 Å². The van der Waals surface area contributed by atoms with Gasteiger partial charge < -0.3 is 5.73 Å². The Labute approximate surface area is 76.4 Å². The molecule has 0 saturated carbocycles. The smallest absolute Gasteiger partial charge is 0.235 e. The van der Waals surface area contributed by atoms with Crippen molar-refractivity contribution in [3.63, 3.8) is 0 Å². The first kappa shape index (κ1) is 9.99. The Hall–Kier alpha value is -1.09. The van der Waals surface area contributed by atoms with E-state index in [1.54, 1.807) is 6.07 Å². The lowest BCUT2D eigenvalue weighted by Crippen LogP contribution is -2.29. The van der Waals surface area contributed by atoms with Crippen LogP contribution in [0.2, 0.25) is 0 Å². The van der Waals surface area contributed by atoms with Crippen molar-refractivity contribution in [1.29, 1.82) is 5.26 Å². The van der Waals surface area contributed by atoms with E-state index in [1.165, 1.54) is 0 Å². The highest BCUT2D eigenvalue weighted by atomic mass is 32.2. The van der Waals surface area contributed by atoms with Gasteiger partial charge in [0.1, 0.15) is 5.92 Å². The molecule has 1 aliphatic heterocycles. The summed E-state index contributed by atoms with van der Waals surface area (Å²) < 4.78 is 22.0. The van der Waals surface area contributed by atoms with E-state index in [0.29, 0.717) is 6.42 Å². The van der Waals surface area contributed by atoms with Crippen LogP contribution in [0.5, 0.6) is 0 Å². The Morgan fingerprint density at radius 3 is 2.54 bits per heavy atom. The molecule has 0 aromatic carbocycles. The highest BCUT2D eigenvalue weighted by Crippen LogP contribution is 2.25. The van der Waals surface area contributed by atoms with Crippen molar-refractivity contribution < 1.29 is 13.2 Å². The van der Waals surface area contributed by atoms with Crippen LogP contribution < -0.4 is 5.73 Å². The maximum absolute atomic E-state index is 11.0. The molecule has 0 aliphatic carbocycles. The molecule has 6 heteroatoms. The van der Waals surface area contributed by atoms with E-state index in [-0.39, 0.29) is 11.5 Å². The standard InChI is InChI=1S/C7H10N2O3S/c8-3-6(7(9)10)5-1-2-13(11,12)4-5/h5-6H,1-2,4H2,(H2,9,10)/t5-,6+/m0/s1. The number of hydrogen-bond donors (Lipinski definition) is 1. The van der Waals surface area contributed by atoms with E-state index < -0.39 is 27.6 Å². The molecule has 1 aliphatic rings. The molecule has 2 N–H and O–H groups in total. The van der Waals surface area contributed by atoms with Gasteiger partial charge in [-0.25, -0.2) is 8.42 Å². The summed E-state index contributed by atoms with van der Waals surface area (Å²) in [7, 11) is -3.04. The molecular formula is C7H10N2O3S. The Kier molecular flexibility index (Phi) is 2.57. The second-order valence-corrected chi connectivity index (χ2v) is 5.40. The lowest BCUT2D eigenvalue weighted by atomic mass is 9.93. The van der Waals surface area contributed by atoms with Gasteiger partial charge in [0.2, 0.25) is 5.91 Å². The van der Waals surface area contributed by atoms with Crippen molar-refractivity contribution in [2.24, 2.45) is 17.6 Å². The molecular weight excluding hydrogens is 192 g/mol. The van der Waals surface area contributed by atoms with Gasteiger partial charge in [-0.1, -0.05) is 0 Å². The number of amides is 1. The molecule has 1 fully saturated rings. The van der Waals surface area contributed by atoms with Crippen molar-refractivity contribution in [3.8, 4) is 6.07 Å². The van der Waals surface area contributed by atoms with Gasteiger partial charge in [-0.3, -0.25) is 4.79 Å². The fraction of sp³-hybridized carbons (Fsp3) is 0.714. The third-order valence-electron chi connectivity index (χ3n) is 2.18. The maximum atomic E-state index is 11.0. The molecule has 5 nitrogen and oxygen atoms in total. The summed E-state index contributed by atoms with van der Waals surface area (Å²) in [5.74, 6) is -2.13. The maximum Gasteiger partial charge on any atom is 0.235 e. The van der Waals surface area contributed by atoms with Crippen molar-refractivity contribution in [2.45, 2.75) is 6.42 Å². The molecule has 0 unspecified atom stereocenters. The number of carbonyl (C=O) groups is 1. The average Bonchev–Trinajstić information content (AvgIpc) is 2.31. The fourth-order valence-corrected chi connectivity index (χ4v) is 3.33. The molecule has 1 rings (SSSR count). The van der Waals surface area contributed by atoms with E-state index >= 15 is 0 Å². The van der Waals surface area contributed by atoms with Gasteiger partial charge in [-0.2, -0.15) is 5.26 Å². The highest BCUT2D eigenvalue weighted by Gasteiger charge is 2.36. The third-order valence-corrected chi connectivity index (χ3v) is 3.98. The predicted octanol–water partition coefficient (Wildman–Crippen LogP) is -0.954. The Balaban J connectivity index is 2.76. The third kappa shape index (κ3) is 2.18. The predicted molar refractivity (Wildman–Crippen MR) is 45.1 cm³/mol. The first-order chi connectivity index (χ1) is 5.96. The molecule has 0 aromatic heterocycles. The molecule has 0 bridgehead atoms. The summed E-state index contributed by atoms with van der Waals surface area (Å²) in [4.78, 5) is 10.7. The monoisotopic (exact) mass is 202 g/mol. The normalized spacial score (nSPS) is 27.8. The van der Waals surface area contributed by atoms with Gasteiger partial charge >= 0.3 is 0 Å². The van der Waals surface area contributed by atoms with E-state index in [0.717, 1.165) is 0 Å². The van der Waals surface area contributed by atoms with Crippen LogP contribution in [0.4, 0.5) is 0 Å². The van der Waals surface area contributed by atoms with E-state index in [1.807, 2.05) is 0 Å². The summed E-state index contributed by atoms with van der Waals surface area (Å²) in [6.45, 7) is 0. The summed E-state index contributed by atoms with van der Waals surface area (Å²) in [5, 5.41) is 8.58. The SMILES string of the molecule is N#C[C@@H](C(N)=O)[C@H]1CCS(=O)(=O)C1. The van der Waals surface area contributed by atoms with Crippen LogP contribution in [-0.4, -0.2) is 25.8 Å². The second-order valence-electron chi connectivity index (χ2n) is 3.17. The lowest BCUT2D eigenvalue weighted by molar-refractivity contribution is -0.121. The zero-order valence-corrected chi connectivity index (χ0v) is 7.75. The molecule has 2 atom stereocenters. The van der Waals surface area contributed by atoms with E-state index in [9.17, 15) is 13.2 Å². The number of primary amides is 1. The van der Waals surface area contributed by atoms with Crippen molar-refractivity contribution in [1.82, 2.24) is 0 Å². The van der Waals surface area contributed by atoms with Gasteiger partial charge in [0.25, 0.3) is 0 Å². The molecule has 0 aromatic rings. The summed E-state index contributed by atoms with van der Waals surface area (Å²) in [6.07, 6.45) is 0.365. The van der Waals surface area contributed by atoms with Crippen LogP contribution in [0.1, 0.15) is 6.42 Å². The zero-order chi connectivity index (χ0) is 10.1. The van der Waals surface area contributed by atoms with Crippen molar-refractivity contribution >= 4 is 15.7 Å². The quantitative estimate of drug-likeness (QED) is 0.623. The molecule has 72 valence electrons. The van der Waals surface area contributed by atoms with Crippen LogP contribution in [0.15, 0.2) is 0 Å². The number of nitrogens with two attached hydrogens (primary N) is 1. The first-order valence-electron chi connectivity index (χ1n) is 3.85. The fourth-order valence-electron chi connectivity index (χ4n) is 1.49.